The molecule has 0 aliphatic heterocycles. The Morgan fingerprint density at radius 2 is 1.07 bits per heavy atom. The van der Waals surface area contributed by atoms with E-state index < -0.39 is 29.6 Å². The Kier molecular flexibility index (Phi) is 15.0. The van der Waals surface area contributed by atoms with E-state index in [1.54, 1.807) is 38.1 Å². The van der Waals surface area contributed by atoms with Crippen molar-refractivity contribution in [1.29, 1.82) is 0 Å². The van der Waals surface area contributed by atoms with Crippen LogP contribution in [0.15, 0.2) is 45.3 Å². The topological polar surface area (TPSA) is 52.6 Å². The molecule has 41 heavy (non-hydrogen) atoms. The monoisotopic (exact) mass is 700 g/mol. The van der Waals surface area contributed by atoms with Crippen molar-refractivity contribution >= 4 is 43.8 Å². The van der Waals surface area contributed by atoms with Crippen LogP contribution in [0.3, 0.4) is 0 Å². The van der Waals surface area contributed by atoms with E-state index in [9.17, 15) is 18.4 Å². The number of carbonyl (C=O) groups is 2. The second-order valence-corrected chi connectivity index (χ2v) is 13.3. The number of esters is 2. The van der Waals surface area contributed by atoms with E-state index in [1.165, 1.54) is 12.1 Å². The normalized spacial score (nSPS) is 14.2. The molecule has 2 aromatic rings. The summed E-state index contributed by atoms with van der Waals surface area (Å²) in [6.45, 7) is 7.81. The lowest BCUT2D eigenvalue weighted by Crippen LogP contribution is -2.38. The number of halogens is 4. The van der Waals surface area contributed by atoms with Gasteiger partial charge in [-0.15, -0.1) is 0 Å². The molecular weight excluding hydrogens is 658 g/mol. The Bertz CT molecular complexity index is 1050. The molecule has 0 heterocycles. The van der Waals surface area contributed by atoms with Crippen LogP contribution in [0.5, 0.6) is 0 Å². The van der Waals surface area contributed by atoms with E-state index in [4.69, 9.17) is 9.47 Å². The van der Waals surface area contributed by atoms with E-state index in [-0.39, 0.29) is 24.5 Å². The highest BCUT2D eigenvalue weighted by molar-refractivity contribution is 9.10. The first-order valence-electron chi connectivity index (χ1n) is 14.7. The average Bonchev–Trinajstić information content (AvgIpc) is 2.88. The molecule has 2 rings (SSSR count). The Morgan fingerprint density at radius 1 is 0.683 bits per heavy atom. The lowest BCUT2D eigenvalue weighted by Gasteiger charge is -2.32. The fraction of sp³-hybridized carbons (Fsp3) is 0.576. The summed E-state index contributed by atoms with van der Waals surface area (Å²) in [5.41, 5.74) is -1.08. The molecule has 4 nitrogen and oxygen atoms in total. The molecule has 2 unspecified atom stereocenters. The number of hydrogen-bond donors (Lipinski definition) is 0. The highest BCUT2D eigenvalue weighted by Crippen LogP contribution is 2.30. The smallest absolute Gasteiger partial charge is 0.317 e. The molecular formula is C33H44Br2F2O4. The SMILES string of the molecule is CCCCCCC(C)(Cc1ccc(Br)cc1F)OC(=O)CC(=O)OC(C)(CCCCCC)Cc1ccc(Br)cc1F. The van der Waals surface area contributed by atoms with Gasteiger partial charge in [0, 0.05) is 21.8 Å². The first kappa shape index (κ1) is 35.4. The Balaban J connectivity index is 2.13. The lowest BCUT2D eigenvalue weighted by atomic mass is 9.90. The largest absolute Gasteiger partial charge is 0.459 e. The van der Waals surface area contributed by atoms with Gasteiger partial charge in [-0.3, -0.25) is 9.59 Å². The molecule has 0 fully saturated rings. The molecule has 0 aliphatic carbocycles. The molecule has 2 aromatic carbocycles. The predicted molar refractivity (Wildman–Crippen MR) is 167 cm³/mol. The van der Waals surface area contributed by atoms with Gasteiger partial charge in [-0.2, -0.15) is 0 Å². The van der Waals surface area contributed by atoms with Gasteiger partial charge in [-0.25, -0.2) is 8.78 Å². The molecule has 228 valence electrons. The van der Waals surface area contributed by atoms with Gasteiger partial charge < -0.3 is 9.47 Å². The number of carbonyl (C=O) groups excluding carboxylic acids is 2. The van der Waals surface area contributed by atoms with Crippen LogP contribution in [0.1, 0.15) is 109 Å². The molecule has 0 aliphatic rings. The number of hydrogen-bond acceptors (Lipinski definition) is 4. The van der Waals surface area contributed by atoms with Gasteiger partial charge in [0.2, 0.25) is 0 Å². The molecule has 0 amide bonds. The summed E-state index contributed by atoms with van der Waals surface area (Å²) >= 11 is 6.56. The molecule has 0 N–H and O–H groups in total. The standard InChI is InChI=1S/C33H44Br2F2O4/c1-5-7-9-11-17-32(3,22-24-13-15-26(34)19-28(24)36)40-30(38)21-31(39)41-33(4,18-12-10-8-6-2)23-25-14-16-27(35)20-29(25)37/h13-16,19-20H,5-12,17-18,21-23H2,1-4H3. The molecule has 0 aromatic heterocycles. The summed E-state index contributed by atoms with van der Waals surface area (Å²) < 4.78 is 42.3. The minimum Gasteiger partial charge on any atom is -0.459 e. The van der Waals surface area contributed by atoms with Gasteiger partial charge in [-0.1, -0.05) is 96.4 Å². The molecule has 2 atom stereocenters. The zero-order valence-corrected chi connectivity index (χ0v) is 28.0. The molecule has 0 spiro atoms. The average molecular weight is 703 g/mol. The van der Waals surface area contributed by atoms with Crippen LogP contribution >= 0.6 is 31.9 Å². The zero-order valence-electron chi connectivity index (χ0n) is 24.8. The van der Waals surface area contributed by atoms with Gasteiger partial charge in [-0.05, 0) is 74.9 Å². The van der Waals surface area contributed by atoms with Crippen molar-refractivity contribution in [3.63, 3.8) is 0 Å². The van der Waals surface area contributed by atoms with Crippen LogP contribution in [0.25, 0.3) is 0 Å². The molecule has 0 saturated carbocycles. The number of ether oxygens (including phenoxy) is 2. The van der Waals surface area contributed by atoms with Crippen molar-refractivity contribution in [1.82, 2.24) is 0 Å². The maximum Gasteiger partial charge on any atom is 0.317 e. The summed E-state index contributed by atoms with van der Waals surface area (Å²) in [5, 5.41) is 0. The molecule has 0 saturated heterocycles. The van der Waals surface area contributed by atoms with Gasteiger partial charge in [0.1, 0.15) is 29.3 Å². The van der Waals surface area contributed by atoms with E-state index in [0.29, 0.717) is 32.9 Å². The third-order valence-corrected chi connectivity index (χ3v) is 8.27. The van der Waals surface area contributed by atoms with Gasteiger partial charge in [0.15, 0.2) is 0 Å². The van der Waals surface area contributed by atoms with Crippen molar-refractivity contribution < 1.29 is 27.8 Å². The summed E-state index contributed by atoms with van der Waals surface area (Å²) in [5.74, 6) is -2.19. The summed E-state index contributed by atoms with van der Waals surface area (Å²) in [7, 11) is 0. The van der Waals surface area contributed by atoms with Crippen LogP contribution in [0, 0.1) is 11.6 Å². The Labute approximate surface area is 261 Å². The van der Waals surface area contributed by atoms with Gasteiger partial charge in [0.25, 0.3) is 0 Å². The lowest BCUT2D eigenvalue weighted by molar-refractivity contribution is -0.170. The van der Waals surface area contributed by atoms with Crippen LogP contribution in [-0.4, -0.2) is 23.1 Å². The highest BCUT2D eigenvalue weighted by Gasteiger charge is 2.34. The zero-order chi connectivity index (χ0) is 30.5. The van der Waals surface area contributed by atoms with Gasteiger partial charge in [0.05, 0.1) is 0 Å². The fourth-order valence-electron chi connectivity index (χ4n) is 5.08. The van der Waals surface area contributed by atoms with Gasteiger partial charge >= 0.3 is 11.9 Å². The third kappa shape index (κ3) is 12.9. The molecule has 8 heteroatoms. The number of unbranched alkanes of at least 4 members (excludes halogenated alkanes) is 6. The highest BCUT2D eigenvalue weighted by atomic mass is 79.9. The first-order valence-corrected chi connectivity index (χ1v) is 16.3. The fourth-order valence-corrected chi connectivity index (χ4v) is 5.74. The molecule has 0 radical (unpaired) electrons. The van der Waals surface area contributed by atoms with Crippen LogP contribution in [-0.2, 0) is 31.9 Å². The molecule has 0 bridgehead atoms. The number of benzene rings is 2. The van der Waals surface area contributed by atoms with Crippen molar-refractivity contribution in [3.8, 4) is 0 Å². The van der Waals surface area contributed by atoms with Crippen molar-refractivity contribution in [3.05, 3.63) is 68.1 Å². The maximum absolute atomic E-state index is 14.7. The van der Waals surface area contributed by atoms with E-state index in [2.05, 4.69) is 45.7 Å². The summed E-state index contributed by atoms with van der Waals surface area (Å²) in [6.07, 6.45) is 8.70. The second kappa shape index (κ2) is 17.3. The number of rotatable bonds is 18. The van der Waals surface area contributed by atoms with E-state index >= 15 is 0 Å². The van der Waals surface area contributed by atoms with Crippen LogP contribution < -0.4 is 0 Å². The van der Waals surface area contributed by atoms with Crippen LogP contribution in [0.2, 0.25) is 0 Å². The Morgan fingerprint density at radius 3 is 1.41 bits per heavy atom. The maximum atomic E-state index is 14.7. The minimum atomic E-state index is -0.982. The predicted octanol–water partition coefficient (Wildman–Crippen LogP) is 10.2. The van der Waals surface area contributed by atoms with Crippen LogP contribution in [0.4, 0.5) is 8.78 Å². The van der Waals surface area contributed by atoms with Crippen molar-refractivity contribution in [2.45, 2.75) is 122 Å². The third-order valence-electron chi connectivity index (χ3n) is 7.29. The van der Waals surface area contributed by atoms with Crippen molar-refractivity contribution in [2.75, 3.05) is 0 Å². The summed E-state index contributed by atoms with van der Waals surface area (Å²) in [6, 6.07) is 9.65. The van der Waals surface area contributed by atoms with E-state index in [0.717, 1.165) is 51.4 Å². The second-order valence-electron chi connectivity index (χ2n) is 11.5. The summed E-state index contributed by atoms with van der Waals surface area (Å²) in [4.78, 5) is 26.1. The first-order chi connectivity index (χ1) is 19.4. The quantitative estimate of drug-likeness (QED) is 0.0882. The Hall–Kier alpha value is -1.80. The van der Waals surface area contributed by atoms with E-state index in [1.807, 2.05) is 0 Å². The van der Waals surface area contributed by atoms with Crippen molar-refractivity contribution in [2.24, 2.45) is 0 Å². The minimum absolute atomic E-state index is 0.191.